The van der Waals surface area contributed by atoms with E-state index in [0.29, 0.717) is 5.56 Å². The molecule has 0 amide bonds. The highest BCUT2D eigenvalue weighted by Crippen LogP contribution is 2.32. The van der Waals surface area contributed by atoms with Gasteiger partial charge in [-0.05, 0) is 19.1 Å². The number of aromatic nitrogens is 1. The van der Waals surface area contributed by atoms with E-state index in [1.54, 1.807) is 24.7 Å². The SMILES string of the molecule is Cc1occc1Sc1cnccc1C#N. The lowest BCUT2D eigenvalue weighted by atomic mass is 10.3. The predicted octanol–water partition coefficient (Wildman–Crippen LogP) is 3.01. The van der Waals surface area contributed by atoms with Gasteiger partial charge in [-0.2, -0.15) is 5.26 Å². The molecule has 0 radical (unpaired) electrons. The summed E-state index contributed by atoms with van der Waals surface area (Å²) in [6.07, 6.45) is 4.95. The number of aryl methyl sites for hydroxylation is 1. The first-order valence-electron chi connectivity index (χ1n) is 4.37. The Morgan fingerprint density at radius 2 is 2.27 bits per heavy atom. The molecule has 2 rings (SSSR count). The third-order valence-electron chi connectivity index (χ3n) is 1.94. The van der Waals surface area contributed by atoms with Gasteiger partial charge in [-0.15, -0.1) is 0 Å². The van der Waals surface area contributed by atoms with E-state index >= 15 is 0 Å². The molecule has 0 bridgehead atoms. The summed E-state index contributed by atoms with van der Waals surface area (Å²) in [6, 6.07) is 5.73. The number of furan rings is 1. The quantitative estimate of drug-likeness (QED) is 0.774. The van der Waals surface area contributed by atoms with Gasteiger partial charge in [-0.25, -0.2) is 0 Å². The van der Waals surface area contributed by atoms with Gasteiger partial charge in [0, 0.05) is 17.3 Å². The lowest BCUT2D eigenvalue weighted by Gasteiger charge is -2.00. The van der Waals surface area contributed by atoms with Crippen molar-refractivity contribution in [3.05, 3.63) is 42.1 Å². The molecule has 0 atom stereocenters. The highest BCUT2D eigenvalue weighted by atomic mass is 32.2. The minimum Gasteiger partial charge on any atom is -0.468 e. The molecule has 0 aliphatic heterocycles. The highest BCUT2D eigenvalue weighted by Gasteiger charge is 2.07. The second-order valence-corrected chi connectivity index (χ2v) is 4.01. The third kappa shape index (κ3) is 2.03. The van der Waals surface area contributed by atoms with Crippen LogP contribution in [-0.2, 0) is 0 Å². The molecular formula is C11H8N2OS. The van der Waals surface area contributed by atoms with Crippen molar-refractivity contribution in [2.75, 3.05) is 0 Å². The molecule has 74 valence electrons. The van der Waals surface area contributed by atoms with Crippen molar-refractivity contribution < 1.29 is 4.42 Å². The van der Waals surface area contributed by atoms with Crippen LogP contribution in [0.1, 0.15) is 11.3 Å². The topological polar surface area (TPSA) is 49.8 Å². The van der Waals surface area contributed by atoms with Gasteiger partial charge >= 0.3 is 0 Å². The van der Waals surface area contributed by atoms with Gasteiger partial charge in [0.25, 0.3) is 0 Å². The molecular weight excluding hydrogens is 208 g/mol. The molecule has 3 nitrogen and oxygen atoms in total. The van der Waals surface area contributed by atoms with Crippen LogP contribution in [0.5, 0.6) is 0 Å². The molecule has 0 aromatic carbocycles. The minimum absolute atomic E-state index is 0.635. The zero-order valence-corrected chi connectivity index (χ0v) is 8.91. The minimum atomic E-state index is 0.635. The maximum atomic E-state index is 8.90. The summed E-state index contributed by atoms with van der Waals surface area (Å²) in [6.45, 7) is 1.89. The molecule has 0 aliphatic rings. The van der Waals surface area contributed by atoms with Crippen LogP contribution in [0, 0.1) is 18.3 Å². The Morgan fingerprint density at radius 3 is 2.93 bits per heavy atom. The van der Waals surface area contributed by atoms with Gasteiger partial charge in [0.1, 0.15) is 11.8 Å². The fourth-order valence-electron chi connectivity index (χ4n) is 1.15. The second kappa shape index (κ2) is 4.20. The van der Waals surface area contributed by atoms with E-state index in [4.69, 9.17) is 9.68 Å². The molecule has 0 fully saturated rings. The molecule has 4 heteroatoms. The summed E-state index contributed by atoms with van der Waals surface area (Å²) in [5.74, 6) is 0.854. The number of nitriles is 1. The maximum absolute atomic E-state index is 8.90. The van der Waals surface area contributed by atoms with Gasteiger partial charge in [0.15, 0.2) is 0 Å². The summed E-state index contributed by atoms with van der Waals surface area (Å²) in [4.78, 5) is 5.87. The van der Waals surface area contributed by atoms with Gasteiger partial charge in [0.2, 0.25) is 0 Å². The molecule has 0 saturated heterocycles. The first-order valence-corrected chi connectivity index (χ1v) is 5.19. The Morgan fingerprint density at radius 1 is 1.40 bits per heavy atom. The number of rotatable bonds is 2. The lowest BCUT2D eigenvalue weighted by molar-refractivity contribution is 0.527. The predicted molar refractivity (Wildman–Crippen MR) is 56.5 cm³/mol. The average Bonchev–Trinajstić information content (AvgIpc) is 2.65. The smallest absolute Gasteiger partial charge is 0.114 e. The third-order valence-corrected chi connectivity index (χ3v) is 3.12. The molecule has 2 aromatic rings. The van der Waals surface area contributed by atoms with Crippen molar-refractivity contribution in [2.24, 2.45) is 0 Å². The van der Waals surface area contributed by atoms with Crippen molar-refractivity contribution in [3.63, 3.8) is 0 Å². The number of hydrogen-bond donors (Lipinski definition) is 0. The second-order valence-electron chi connectivity index (χ2n) is 2.93. The summed E-state index contributed by atoms with van der Waals surface area (Å²) in [7, 11) is 0. The van der Waals surface area contributed by atoms with E-state index in [0.717, 1.165) is 15.6 Å². The summed E-state index contributed by atoms with van der Waals surface area (Å²) in [5.41, 5.74) is 0.635. The monoisotopic (exact) mass is 216 g/mol. The number of nitrogens with zero attached hydrogens (tertiary/aromatic N) is 2. The Labute approximate surface area is 91.7 Å². The van der Waals surface area contributed by atoms with Gasteiger partial charge < -0.3 is 4.42 Å². The van der Waals surface area contributed by atoms with Crippen LogP contribution in [0.4, 0.5) is 0 Å². The molecule has 0 unspecified atom stereocenters. The molecule has 0 aliphatic carbocycles. The number of pyridine rings is 1. The summed E-state index contributed by atoms with van der Waals surface area (Å²) >= 11 is 1.49. The maximum Gasteiger partial charge on any atom is 0.114 e. The lowest BCUT2D eigenvalue weighted by Crippen LogP contribution is -1.82. The van der Waals surface area contributed by atoms with Crippen LogP contribution in [-0.4, -0.2) is 4.98 Å². The van der Waals surface area contributed by atoms with Crippen molar-refractivity contribution in [3.8, 4) is 6.07 Å². The Hall–Kier alpha value is -1.73. The molecule has 2 aromatic heterocycles. The summed E-state index contributed by atoms with van der Waals surface area (Å²) in [5, 5.41) is 8.90. The number of hydrogen-bond acceptors (Lipinski definition) is 4. The van der Waals surface area contributed by atoms with Crippen LogP contribution < -0.4 is 0 Å². The van der Waals surface area contributed by atoms with Crippen molar-refractivity contribution in [1.82, 2.24) is 4.98 Å². The molecule has 0 spiro atoms. The molecule has 0 saturated carbocycles. The van der Waals surface area contributed by atoms with Gasteiger partial charge in [-0.1, -0.05) is 11.8 Å². The van der Waals surface area contributed by atoms with Crippen LogP contribution >= 0.6 is 11.8 Å². The Kier molecular flexibility index (Phi) is 2.75. The summed E-state index contributed by atoms with van der Waals surface area (Å²) < 4.78 is 5.19. The van der Waals surface area contributed by atoms with Gasteiger partial charge in [0.05, 0.1) is 16.7 Å². The normalized spacial score (nSPS) is 9.87. The van der Waals surface area contributed by atoms with Crippen LogP contribution in [0.25, 0.3) is 0 Å². The van der Waals surface area contributed by atoms with Crippen LogP contribution in [0.2, 0.25) is 0 Å². The first-order chi connectivity index (χ1) is 7.31. The zero-order chi connectivity index (χ0) is 10.7. The highest BCUT2D eigenvalue weighted by molar-refractivity contribution is 7.99. The zero-order valence-electron chi connectivity index (χ0n) is 8.10. The standard InChI is InChI=1S/C11H8N2OS/c1-8-10(3-5-14-8)15-11-7-13-4-2-9(11)6-12/h2-5,7H,1H3. The fraction of sp³-hybridized carbons (Fsp3) is 0.0909. The van der Waals surface area contributed by atoms with E-state index in [1.165, 1.54) is 11.8 Å². The molecule has 2 heterocycles. The van der Waals surface area contributed by atoms with E-state index in [9.17, 15) is 0 Å². The van der Waals surface area contributed by atoms with E-state index in [-0.39, 0.29) is 0 Å². The van der Waals surface area contributed by atoms with Crippen LogP contribution in [0.3, 0.4) is 0 Å². The van der Waals surface area contributed by atoms with E-state index < -0.39 is 0 Å². The molecule has 0 N–H and O–H groups in total. The van der Waals surface area contributed by atoms with E-state index in [1.807, 2.05) is 13.0 Å². The van der Waals surface area contributed by atoms with Crippen molar-refractivity contribution >= 4 is 11.8 Å². The Bertz CT molecular complexity index is 513. The fourth-order valence-corrected chi connectivity index (χ4v) is 2.04. The van der Waals surface area contributed by atoms with Crippen molar-refractivity contribution in [1.29, 1.82) is 5.26 Å². The average molecular weight is 216 g/mol. The largest absolute Gasteiger partial charge is 0.468 e. The van der Waals surface area contributed by atoms with Crippen molar-refractivity contribution in [2.45, 2.75) is 16.7 Å². The van der Waals surface area contributed by atoms with E-state index in [2.05, 4.69) is 11.1 Å². The Balaban J connectivity index is 2.33. The van der Waals surface area contributed by atoms with Crippen LogP contribution in [0.15, 0.2) is 45.0 Å². The van der Waals surface area contributed by atoms with Gasteiger partial charge in [-0.3, -0.25) is 4.98 Å². The first kappa shape index (κ1) is 9.81. The molecule has 15 heavy (non-hydrogen) atoms.